The third-order valence-electron chi connectivity index (χ3n) is 5.02. The van der Waals surface area contributed by atoms with Crippen molar-refractivity contribution < 1.29 is 9.59 Å². The van der Waals surface area contributed by atoms with Crippen molar-refractivity contribution in [3.8, 4) is 0 Å². The summed E-state index contributed by atoms with van der Waals surface area (Å²) in [5.74, 6) is -0.465. The SMILES string of the molecule is CC(=O)N(CC(=O)Nc1ccc(N2CCCCC2)cc1)c1ccc(C)c(Cl)c1. The number of benzene rings is 2. The van der Waals surface area contributed by atoms with E-state index in [9.17, 15) is 9.59 Å². The molecule has 1 N–H and O–H groups in total. The molecule has 0 aromatic heterocycles. The minimum Gasteiger partial charge on any atom is -0.372 e. The summed E-state index contributed by atoms with van der Waals surface area (Å²) in [6, 6.07) is 13.2. The molecule has 2 amide bonds. The van der Waals surface area contributed by atoms with Gasteiger partial charge in [-0.1, -0.05) is 17.7 Å². The maximum absolute atomic E-state index is 12.5. The number of nitrogens with one attached hydrogen (secondary N) is 1. The number of nitrogens with zero attached hydrogens (tertiary/aromatic N) is 2. The molecule has 1 aliphatic heterocycles. The Bertz CT molecular complexity index is 845. The van der Waals surface area contributed by atoms with Crippen molar-refractivity contribution in [1.29, 1.82) is 0 Å². The van der Waals surface area contributed by atoms with E-state index in [-0.39, 0.29) is 18.4 Å². The van der Waals surface area contributed by atoms with Gasteiger partial charge in [-0.25, -0.2) is 0 Å². The molecule has 28 heavy (non-hydrogen) atoms. The van der Waals surface area contributed by atoms with Crippen molar-refractivity contribution in [3.63, 3.8) is 0 Å². The number of aryl methyl sites for hydroxylation is 1. The standard InChI is InChI=1S/C22H26ClN3O2/c1-16-6-9-20(14-21(16)23)26(17(2)27)15-22(28)24-18-7-10-19(11-8-18)25-12-4-3-5-13-25/h6-11,14H,3-5,12-13,15H2,1-2H3,(H,24,28). The fourth-order valence-electron chi connectivity index (χ4n) is 3.39. The Morgan fingerprint density at radius 3 is 2.36 bits per heavy atom. The molecule has 0 aliphatic carbocycles. The molecule has 3 rings (SSSR count). The van der Waals surface area contributed by atoms with Crippen LogP contribution in [0.15, 0.2) is 42.5 Å². The molecule has 148 valence electrons. The fraction of sp³-hybridized carbons (Fsp3) is 0.364. The first-order valence-corrected chi connectivity index (χ1v) is 10.0. The number of halogens is 1. The minimum atomic E-state index is -0.252. The Hall–Kier alpha value is -2.53. The van der Waals surface area contributed by atoms with Gasteiger partial charge in [-0.15, -0.1) is 0 Å². The first kappa shape index (κ1) is 20.2. The van der Waals surface area contributed by atoms with E-state index < -0.39 is 0 Å². The molecule has 0 spiro atoms. The summed E-state index contributed by atoms with van der Waals surface area (Å²) in [7, 11) is 0. The third-order valence-corrected chi connectivity index (χ3v) is 5.43. The van der Waals surface area contributed by atoms with E-state index in [1.807, 2.05) is 37.3 Å². The predicted octanol–water partition coefficient (Wildman–Crippen LogP) is 4.63. The Kier molecular flexibility index (Phi) is 6.57. The summed E-state index contributed by atoms with van der Waals surface area (Å²) in [6.45, 7) is 5.43. The van der Waals surface area contributed by atoms with E-state index >= 15 is 0 Å². The zero-order valence-electron chi connectivity index (χ0n) is 16.4. The number of carbonyl (C=O) groups excluding carboxylic acids is 2. The van der Waals surface area contributed by atoms with Crippen LogP contribution in [0.25, 0.3) is 0 Å². The summed E-state index contributed by atoms with van der Waals surface area (Å²) >= 11 is 6.17. The molecule has 5 nitrogen and oxygen atoms in total. The zero-order valence-corrected chi connectivity index (χ0v) is 17.1. The lowest BCUT2D eigenvalue weighted by molar-refractivity contribution is -0.120. The highest BCUT2D eigenvalue weighted by Gasteiger charge is 2.17. The predicted molar refractivity (Wildman–Crippen MR) is 115 cm³/mol. The molecule has 0 atom stereocenters. The lowest BCUT2D eigenvalue weighted by atomic mass is 10.1. The number of hydrogen-bond acceptors (Lipinski definition) is 3. The van der Waals surface area contributed by atoms with Gasteiger partial charge in [-0.2, -0.15) is 0 Å². The van der Waals surface area contributed by atoms with Crippen molar-refractivity contribution in [2.24, 2.45) is 0 Å². The van der Waals surface area contributed by atoms with Crippen LogP contribution in [-0.4, -0.2) is 31.4 Å². The number of carbonyl (C=O) groups is 2. The largest absolute Gasteiger partial charge is 0.372 e. The molecule has 1 aliphatic rings. The molecule has 2 aromatic rings. The number of piperidine rings is 1. The van der Waals surface area contributed by atoms with Crippen molar-refractivity contribution >= 4 is 40.5 Å². The summed E-state index contributed by atoms with van der Waals surface area (Å²) in [6.07, 6.45) is 3.74. The van der Waals surface area contributed by atoms with Gasteiger partial charge in [0.2, 0.25) is 11.8 Å². The topological polar surface area (TPSA) is 52.7 Å². The molecule has 0 unspecified atom stereocenters. The Morgan fingerprint density at radius 1 is 1.07 bits per heavy atom. The van der Waals surface area contributed by atoms with Crippen LogP contribution in [0.4, 0.5) is 17.1 Å². The minimum absolute atomic E-state index is 0.0669. The molecule has 6 heteroatoms. The van der Waals surface area contributed by atoms with Crippen LogP contribution in [0.1, 0.15) is 31.7 Å². The van der Waals surface area contributed by atoms with Gasteiger partial charge in [-0.3, -0.25) is 9.59 Å². The number of hydrogen-bond donors (Lipinski definition) is 1. The van der Waals surface area contributed by atoms with Crippen molar-refractivity contribution in [3.05, 3.63) is 53.1 Å². The molecule has 2 aromatic carbocycles. The first-order valence-electron chi connectivity index (χ1n) is 9.63. The second-order valence-electron chi connectivity index (χ2n) is 7.18. The average Bonchev–Trinajstić information content (AvgIpc) is 2.69. The van der Waals surface area contributed by atoms with Crippen LogP contribution in [0.3, 0.4) is 0 Å². The van der Waals surface area contributed by atoms with Crippen LogP contribution in [0.2, 0.25) is 5.02 Å². The van der Waals surface area contributed by atoms with E-state index in [2.05, 4.69) is 10.2 Å². The molecular weight excluding hydrogens is 374 g/mol. The van der Waals surface area contributed by atoms with Crippen molar-refractivity contribution in [2.75, 3.05) is 34.8 Å². The van der Waals surface area contributed by atoms with Crippen LogP contribution in [0.5, 0.6) is 0 Å². The highest BCUT2D eigenvalue weighted by molar-refractivity contribution is 6.31. The lowest BCUT2D eigenvalue weighted by Crippen LogP contribution is -2.36. The first-order chi connectivity index (χ1) is 13.4. The van der Waals surface area contributed by atoms with Gasteiger partial charge in [0, 0.05) is 42.1 Å². The third kappa shape index (κ3) is 5.04. The van der Waals surface area contributed by atoms with Gasteiger partial charge in [0.1, 0.15) is 6.54 Å². The van der Waals surface area contributed by atoms with Crippen LogP contribution < -0.4 is 15.1 Å². The zero-order chi connectivity index (χ0) is 20.1. The van der Waals surface area contributed by atoms with Crippen LogP contribution >= 0.6 is 11.6 Å². The van der Waals surface area contributed by atoms with Gasteiger partial charge in [0.25, 0.3) is 0 Å². The van der Waals surface area contributed by atoms with E-state index in [0.717, 1.165) is 24.3 Å². The van der Waals surface area contributed by atoms with Gasteiger partial charge >= 0.3 is 0 Å². The number of anilines is 3. The molecule has 1 fully saturated rings. The fourth-order valence-corrected chi connectivity index (χ4v) is 3.56. The monoisotopic (exact) mass is 399 g/mol. The molecule has 0 radical (unpaired) electrons. The van der Waals surface area contributed by atoms with Crippen molar-refractivity contribution in [2.45, 2.75) is 33.1 Å². The molecule has 0 bridgehead atoms. The van der Waals surface area contributed by atoms with E-state index in [4.69, 9.17) is 11.6 Å². The average molecular weight is 400 g/mol. The van der Waals surface area contributed by atoms with E-state index in [1.165, 1.54) is 36.8 Å². The van der Waals surface area contributed by atoms with Gasteiger partial charge in [-0.05, 0) is 68.1 Å². The second-order valence-corrected chi connectivity index (χ2v) is 7.59. The Balaban J connectivity index is 1.64. The summed E-state index contributed by atoms with van der Waals surface area (Å²) in [4.78, 5) is 28.3. The maximum atomic E-state index is 12.5. The Morgan fingerprint density at radius 2 is 1.75 bits per heavy atom. The van der Waals surface area contributed by atoms with Gasteiger partial charge < -0.3 is 15.1 Å². The molecular formula is C22H26ClN3O2. The summed E-state index contributed by atoms with van der Waals surface area (Å²) in [5, 5.41) is 3.44. The van der Waals surface area contributed by atoms with E-state index in [1.54, 1.807) is 12.1 Å². The Labute approximate surface area is 171 Å². The highest BCUT2D eigenvalue weighted by Crippen LogP contribution is 2.24. The van der Waals surface area contributed by atoms with Crippen LogP contribution in [-0.2, 0) is 9.59 Å². The molecule has 1 heterocycles. The summed E-state index contributed by atoms with van der Waals surface area (Å²) in [5.41, 5.74) is 3.43. The van der Waals surface area contributed by atoms with Gasteiger partial charge in [0.05, 0.1) is 0 Å². The highest BCUT2D eigenvalue weighted by atomic mass is 35.5. The maximum Gasteiger partial charge on any atom is 0.244 e. The lowest BCUT2D eigenvalue weighted by Gasteiger charge is -2.28. The molecule has 0 saturated carbocycles. The van der Waals surface area contributed by atoms with Crippen molar-refractivity contribution in [1.82, 2.24) is 0 Å². The number of amides is 2. The second kappa shape index (κ2) is 9.11. The molecule has 1 saturated heterocycles. The normalized spacial score (nSPS) is 13.9. The van der Waals surface area contributed by atoms with E-state index in [0.29, 0.717) is 10.7 Å². The van der Waals surface area contributed by atoms with Crippen LogP contribution in [0, 0.1) is 6.92 Å². The smallest absolute Gasteiger partial charge is 0.244 e. The number of rotatable bonds is 5. The summed E-state index contributed by atoms with van der Waals surface area (Å²) < 4.78 is 0. The van der Waals surface area contributed by atoms with Gasteiger partial charge in [0.15, 0.2) is 0 Å². The quantitative estimate of drug-likeness (QED) is 0.797.